The normalized spacial score (nSPS) is 23.0. The van der Waals surface area contributed by atoms with E-state index in [0.29, 0.717) is 56.0 Å². The number of thioether (sulfide) groups is 1. The van der Waals surface area contributed by atoms with Crippen LogP contribution in [0.1, 0.15) is 49.5 Å². The van der Waals surface area contributed by atoms with E-state index in [1.54, 1.807) is 43.3 Å². The molecule has 2 amide bonds. The maximum absolute atomic E-state index is 13.6. The molecule has 1 fully saturated rings. The lowest BCUT2D eigenvalue weighted by molar-refractivity contribution is -0.140. The summed E-state index contributed by atoms with van der Waals surface area (Å²) in [4.78, 5) is 53.7. The van der Waals surface area contributed by atoms with E-state index in [0.717, 1.165) is 0 Å². The SMILES string of the molecule is CC(=O)N1C(C(=O)O)=C(S[C@H]2C[C@@H](C(=O)Nc3cccc(C=O)c3)N(Cc3cc(Cl)c(Cl)cc3Cl)C2)[C@H](C)[C@@H]1C[C@@H](C)O. The molecule has 2 aliphatic rings. The molecule has 2 heterocycles. The van der Waals surface area contributed by atoms with Gasteiger partial charge in [0.05, 0.1) is 22.2 Å². The number of rotatable bonds is 10. The van der Waals surface area contributed by atoms with Crippen molar-refractivity contribution in [1.29, 1.82) is 0 Å². The lowest BCUT2D eigenvalue weighted by Crippen LogP contribution is -2.40. The molecule has 1 saturated heterocycles. The summed E-state index contributed by atoms with van der Waals surface area (Å²) in [6.07, 6.45) is 0.547. The van der Waals surface area contributed by atoms with Gasteiger partial charge in [0.25, 0.3) is 0 Å². The molecule has 2 aromatic rings. The highest BCUT2D eigenvalue weighted by Crippen LogP contribution is 2.46. The first-order valence-corrected chi connectivity index (χ1v) is 15.7. The summed E-state index contributed by atoms with van der Waals surface area (Å²) >= 11 is 20.2. The summed E-state index contributed by atoms with van der Waals surface area (Å²) < 4.78 is 0. The molecular weight excluding hydrogens is 637 g/mol. The number of carbonyl (C=O) groups excluding carboxylic acids is 3. The van der Waals surface area contributed by atoms with Crippen molar-refractivity contribution >= 4 is 76.3 Å². The number of aliphatic hydroxyl groups excluding tert-OH is 1. The number of likely N-dealkylation sites (tertiary alicyclic amines) is 1. The zero-order valence-electron chi connectivity index (χ0n) is 23.7. The number of nitrogens with zero attached hydrogens (tertiary/aromatic N) is 2. The third kappa shape index (κ3) is 7.56. The first kappa shape index (κ1) is 33.3. The molecule has 9 nitrogen and oxygen atoms in total. The average molecular weight is 669 g/mol. The minimum Gasteiger partial charge on any atom is -0.477 e. The van der Waals surface area contributed by atoms with Gasteiger partial charge in [-0.3, -0.25) is 19.3 Å². The van der Waals surface area contributed by atoms with Crippen LogP contribution in [0.15, 0.2) is 47.0 Å². The van der Waals surface area contributed by atoms with E-state index >= 15 is 0 Å². The second-order valence-electron chi connectivity index (χ2n) is 10.9. The van der Waals surface area contributed by atoms with Crippen molar-refractivity contribution in [2.45, 2.75) is 63.6 Å². The van der Waals surface area contributed by atoms with Crippen molar-refractivity contribution in [1.82, 2.24) is 9.80 Å². The van der Waals surface area contributed by atoms with E-state index in [1.807, 2.05) is 11.8 Å². The number of aliphatic carboxylic acids is 1. The van der Waals surface area contributed by atoms with Gasteiger partial charge in [0.15, 0.2) is 0 Å². The van der Waals surface area contributed by atoms with Gasteiger partial charge in [-0.25, -0.2) is 4.79 Å². The highest BCUT2D eigenvalue weighted by atomic mass is 35.5. The molecule has 230 valence electrons. The smallest absolute Gasteiger partial charge is 0.353 e. The lowest BCUT2D eigenvalue weighted by Gasteiger charge is -2.28. The summed E-state index contributed by atoms with van der Waals surface area (Å²) in [5.41, 5.74) is 1.47. The van der Waals surface area contributed by atoms with Crippen LogP contribution in [0.3, 0.4) is 0 Å². The number of aldehydes is 1. The molecule has 0 saturated carbocycles. The summed E-state index contributed by atoms with van der Waals surface area (Å²) in [5.74, 6) is -2.28. The summed E-state index contributed by atoms with van der Waals surface area (Å²) in [6, 6.07) is 8.63. The van der Waals surface area contributed by atoms with Crippen LogP contribution in [0.2, 0.25) is 15.1 Å². The Morgan fingerprint density at radius 3 is 2.47 bits per heavy atom. The number of anilines is 1. The van der Waals surface area contributed by atoms with Crippen molar-refractivity contribution in [3.05, 3.63) is 73.2 Å². The maximum atomic E-state index is 13.6. The summed E-state index contributed by atoms with van der Waals surface area (Å²) in [6.45, 7) is 5.44. The molecule has 2 aliphatic heterocycles. The fourth-order valence-electron chi connectivity index (χ4n) is 5.71. The van der Waals surface area contributed by atoms with Crippen molar-refractivity contribution in [2.75, 3.05) is 11.9 Å². The second-order valence-corrected chi connectivity index (χ2v) is 13.4. The molecule has 3 N–H and O–H groups in total. The summed E-state index contributed by atoms with van der Waals surface area (Å²) in [5, 5.41) is 23.9. The van der Waals surface area contributed by atoms with Crippen LogP contribution in [0.4, 0.5) is 5.69 Å². The van der Waals surface area contributed by atoms with Gasteiger partial charge in [0, 0.05) is 58.4 Å². The maximum Gasteiger partial charge on any atom is 0.353 e. The predicted molar refractivity (Wildman–Crippen MR) is 169 cm³/mol. The van der Waals surface area contributed by atoms with E-state index in [1.165, 1.54) is 23.6 Å². The Kier molecular flexibility index (Phi) is 10.8. The van der Waals surface area contributed by atoms with Gasteiger partial charge in [-0.15, -0.1) is 11.8 Å². The highest BCUT2D eigenvalue weighted by Gasteiger charge is 2.46. The van der Waals surface area contributed by atoms with Gasteiger partial charge >= 0.3 is 5.97 Å². The van der Waals surface area contributed by atoms with Crippen molar-refractivity contribution < 1.29 is 29.4 Å². The molecule has 0 spiro atoms. The number of carbonyl (C=O) groups is 4. The van der Waals surface area contributed by atoms with Gasteiger partial charge in [0.1, 0.15) is 12.0 Å². The fourth-order valence-corrected chi connectivity index (χ4v) is 7.91. The molecule has 0 radical (unpaired) electrons. The van der Waals surface area contributed by atoms with Gasteiger partial charge in [0.2, 0.25) is 11.8 Å². The van der Waals surface area contributed by atoms with Crippen LogP contribution < -0.4 is 5.32 Å². The van der Waals surface area contributed by atoms with Gasteiger partial charge in [-0.1, -0.05) is 53.9 Å². The molecule has 13 heteroatoms. The predicted octanol–water partition coefficient (Wildman–Crippen LogP) is 5.71. The summed E-state index contributed by atoms with van der Waals surface area (Å²) in [7, 11) is 0. The molecule has 5 atom stereocenters. The number of hydrogen-bond donors (Lipinski definition) is 3. The third-order valence-corrected chi connectivity index (χ3v) is 10.2. The number of amides is 2. The van der Waals surface area contributed by atoms with E-state index in [4.69, 9.17) is 34.8 Å². The van der Waals surface area contributed by atoms with Crippen LogP contribution >= 0.6 is 46.6 Å². The molecular formula is C30H32Cl3N3O6S. The number of nitrogens with one attached hydrogen (secondary N) is 1. The molecule has 0 bridgehead atoms. The van der Waals surface area contributed by atoms with Crippen LogP contribution in [0.5, 0.6) is 0 Å². The van der Waals surface area contributed by atoms with Crippen LogP contribution in [-0.2, 0) is 20.9 Å². The minimum absolute atomic E-state index is 0.0895. The number of carboxylic acids is 1. The molecule has 0 aliphatic carbocycles. The van der Waals surface area contributed by atoms with Gasteiger partial charge in [-0.05, 0) is 49.6 Å². The molecule has 2 aromatic carbocycles. The largest absolute Gasteiger partial charge is 0.477 e. The Bertz CT molecular complexity index is 1470. The standard InChI is InChI=1S/C30H32Cl3N3O6S/c1-15(38)7-25-16(2)28(27(30(41)42)36(25)17(3)39)43-21-10-26(29(40)34-20-6-4-5-18(8-20)14-37)35(13-21)12-19-9-23(32)24(33)11-22(19)31/h4-6,8-9,11,14-16,21,25-26,38H,7,10,12-13H2,1-3H3,(H,34,40)(H,41,42)/t15-,16-,21+,25+,26+/m1/s1. The second kappa shape index (κ2) is 14.0. The molecule has 0 unspecified atom stereocenters. The van der Waals surface area contributed by atoms with E-state index in [2.05, 4.69) is 5.32 Å². The molecule has 4 rings (SSSR count). The number of carboxylic acid groups (broad SMARTS) is 1. The number of halogens is 3. The van der Waals surface area contributed by atoms with Crippen molar-refractivity contribution in [3.63, 3.8) is 0 Å². The van der Waals surface area contributed by atoms with Gasteiger partial charge in [-0.2, -0.15) is 0 Å². The monoisotopic (exact) mass is 667 g/mol. The lowest BCUT2D eigenvalue weighted by atomic mass is 9.98. The van der Waals surface area contributed by atoms with Crippen molar-refractivity contribution in [2.24, 2.45) is 5.92 Å². The fraction of sp³-hybridized carbons (Fsp3) is 0.400. The Morgan fingerprint density at radius 2 is 1.84 bits per heavy atom. The van der Waals surface area contributed by atoms with Crippen LogP contribution in [-0.4, -0.2) is 74.1 Å². The number of hydrogen-bond acceptors (Lipinski definition) is 7. The van der Waals surface area contributed by atoms with Crippen LogP contribution in [0.25, 0.3) is 0 Å². The Labute approximate surface area is 269 Å². The zero-order chi connectivity index (χ0) is 31.6. The van der Waals surface area contributed by atoms with E-state index in [9.17, 15) is 29.4 Å². The molecule has 43 heavy (non-hydrogen) atoms. The quantitative estimate of drug-likeness (QED) is 0.217. The minimum atomic E-state index is -1.22. The third-order valence-electron chi connectivity index (χ3n) is 7.64. The van der Waals surface area contributed by atoms with E-state index in [-0.39, 0.29) is 35.7 Å². The van der Waals surface area contributed by atoms with Crippen LogP contribution in [0, 0.1) is 5.92 Å². The zero-order valence-corrected chi connectivity index (χ0v) is 26.8. The Balaban J connectivity index is 1.65. The van der Waals surface area contributed by atoms with Crippen molar-refractivity contribution in [3.8, 4) is 0 Å². The average Bonchev–Trinajstić information content (AvgIpc) is 3.45. The topological polar surface area (TPSA) is 127 Å². The first-order chi connectivity index (χ1) is 20.3. The van der Waals surface area contributed by atoms with E-state index < -0.39 is 30.1 Å². The number of benzene rings is 2. The van der Waals surface area contributed by atoms with Gasteiger partial charge < -0.3 is 20.4 Å². The molecule has 0 aromatic heterocycles. The first-order valence-electron chi connectivity index (χ1n) is 13.7. The Morgan fingerprint density at radius 1 is 1.14 bits per heavy atom. The highest BCUT2D eigenvalue weighted by molar-refractivity contribution is 8.03. The Hall–Kier alpha value is -2.60. The number of aliphatic hydroxyl groups is 1.